The first-order valence-electron chi connectivity index (χ1n) is 34.9. The number of rotatable bonds is 10. The molecule has 6 heterocycles. The maximum atomic E-state index is 11.7. The molecular formula is C84H78Cl2O24. The fraction of sp³-hybridized carbons (Fsp3) is 0.333. The van der Waals surface area contributed by atoms with E-state index in [1.165, 1.54) is 64.8 Å². The summed E-state index contributed by atoms with van der Waals surface area (Å²) in [4.78, 5) is 92.7. The Balaban J connectivity index is 0.000000129. The topological polar surface area (TPSA) is 350 Å². The van der Waals surface area contributed by atoms with Gasteiger partial charge < -0.3 is 78.0 Å². The van der Waals surface area contributed by atoms with Crippen LogP contribution in [0.25, 0.3) is 0 Å². The van der Waals surface area contributed by atoms with Crippen LogP contribution < -0.4 is 37.9 Å². The van der Waals surface area contributed by atoms with Gasteiger partial charge in [-0.1, -0.05) is 90.7 Å². The van der Waals surface area contributed by atoms with Crippen LogP contribution in [0.2, 0.25) is 10.0 Å². The second kappa shape index (κ2) is 27.3. The molecule has 0 unspecified atom stereocenters. The summed E-state index contributed by atoms with van der Waals surface area (Å²) in [6.07, 6.45) is 2.63. The van der Waals surface area contributed by atoms with Crippen LogP contribution in [0.4, 0.5) is 0 Å². The molecule has 0 amide bonds. The van der Waals surface area contributed by atoms with Crippen LogP contribution in [0.5, 0.6) is 46.0 Å². The van der Waals surface area contributed by atoms with Crippen molar-refractivity contribution in [3.63, 3.8) is 0 Å². The van der Waals surface area contributed by atoms with Gasteiger partial charge in [-0.15, -0.1) is 0 Å². The lowest BCUT2D eigenvalue weighted by Gasteiger charge is -2.51. The van der Waals surface area contributed by atoms with Gasteiger partial charge in [0.15, 0.2) is 0 Å². The minimum atomic E-state index is -1.13. The number of hydrogen-bond donors (Lipinski definition) is 6. The molecule has 0 saturated heterocycles. The molecule has 110 heavy (non-hydrogen) atoms. The van der Waals surface area contributed by atoms with E-state index in [1.807, 2.05) is 12.1 Å². The summed E-state index contributed by atoms with van der Waals surface area (Å²) in [7, 11) is 5.46. The minimum Gasteiger partial charge on any atom is -0.496 e. The Morgan fingerprint density at radius 3 is 0.964 bits per heavy atom. The second-order valence-corrected chi connectivity index (χ2v) is 32.1. The van der Waals surface area contributed by atoms with Gasteiger partial charge in [0, 0.05) is 74.6 Å². The van der Waals surface area contributed by atoms with Crippen molar-refractivity contribution in [2.24, 2.45) is 0 Å². The summed E-state index contributed by atoms with van der Waals surface area (Å²) >= 11 is 12.7. The summed E-state index contributed by atoms with van der Waals surface area (Å²) in [6.45, 7) is 17.9. The molecule has 0 atom stereocenters. The van der Waals surface area contributed by atoms with Gasteiger partial charge in [-0.05, 0) is 143 Å². The number of fused-ring (bicyclic) bond motifs is 14. The molecule has 0 bridgehead atoms. The summed E-state index contributed by atoms with van der Waals surface area (Å²) < 4.78 is 55.8. The second-order valence-electron chi connectivity index (χ2n) is 31.3. The van der Waals surface area contributed by atoms with E-state index >= 15 is 0 Å². The molecule has 24 nitrogen and oxygen atoms in total. The molecule has 6 aliphatic heterocycles. The molecule has 572 valence electrons. The van der Waals surface area contributed by atoms with Gasteiger partial charge in [0.25, 0.3) is 5.79 Å². The van der Waals surface area contributed by atoms with Crippen LogP contribution in [0.1, 0.15) is 220 Å². The number of benzene rings is 8. The monoisotopic (exact) mass is 1540 g/mol. The third kappa shape index (κ3) is 12.8. The zero-order chi connectivity index (χ0) is 79.7. The van der Waals surface area contributed by atoms with Crippen LogP contribution in [0, 0.1) is 0 Å². The van der Waals surface area contributed by atoms with Crippen LogP contribution in [0.3, 0.4) is 0 Å². The number of carbonyl (C=O) groups is 8. The number of hydrogen-bond acceptors (Lipinski definition) is 18. The smallest absolute Gasteiger partial charge is 0.339 e. The number of carbonyl (C=O) groups excluding carboxylic acids is 2. The van der Waals surface area contributed by atoms with Crippen molar-refractivity contribution in [2.75, 3.05) is 54.9 Å². The van der Waals surface area contributed by atoms with E-state index in [0.29, 0.717) is 82.8 Å². The Labute approximate surface area is 641 Å². The Hall–Kier alpha value is -11.5. The highest BCUT2D eigenvalue weighted by Gasteiger charge is 2.58. The maximum Gasteiger partial charge on any atom is 0.339 e. The fourth-order valence-electron chi connectivity index (χ4n) is 17.5. The van der Waals surface area contributed by atoms with E-state index in [2.05, 4.69) is 55.4 Å². The molecule has 4 spiro atoms. The molecule has 26 heteroatoms. The standard InChI is InChI=1S/C23H22Cl2O4.C23H24O6.C19H16O8.C19H16O6/c1-21(2)9-23(15-7-17(24)11(19(26)27)5-13(15)21)10-22(3,4)14-6-12(20(28)29)18(25)8-16(14)23;1-21(2)11-23(28-17-7-5-13(19(24)25)9-15(17)21)12-22(3,4)16-10-14(20(26)27)6-8-18(16)29-23;1-24-13-5-15-11(3-9(13)17(20)21)19(7-26-15)8-27-16-6-14(25-2)10(18(22)23)4-12(16)19;1-22-17(20)11-3-5-13-15(7-11)24-9-19(13)10-25-16-8-12(18(21)23-2)4-6-14(16)19/h5-8H,9-10H2,1-4H3,(H,26,27)(H,28,29);5-10H,11-12H2,1-4H3,(H,24,25)(H,26,27);3-6H,7-8H2,1-2H3,(H,20,21)(H,22,23);3-8H,9-10H2,1-2H3. The molecule has 2 aliphatic carbocycles. The Morgan fingerprint density at radius 2 is 0.636 bits per heavy atom. The first-order chi connectivity index (χ1) is 51.7. The Morgan fingerprint density at radius 1 is 0.318 bits per heavy atom. The van der Waals surface area contributed by atoms with Crippen LogP contribution in [-0.4, -0.2) is 139 Å². The number of methoxy groups -OCH3 is 4. The van der Waals surface area contributed by atoms with Crippen molar-refractivity contribution in [2.45, 2.75) is 125 Å². The normalized spacial score (nSPS) is 17.9. The number of halogens is 2. The van der Waals surface area contributed by atoms with E-state index in [-0.39, 0.29) is 95.2 Å². The van der Waals surface area contributed by atoms with Crippen molar-refractivity contribution in [1.29, 1.82) is 0 Å². The summed E-state index contributed by atoms with van der Waals surface area (Å²) in [6, 6.07) is 33.5. The highest BCUT2D eigenvalue weighted by atomic mass is 35.5. The van der Waals surface area contributed by atoms with E-state index in [0.717, 1.165) is 57.3 Å². The zero-order valence-corrected chi connectivity index (χ0v) is 63.5. The quantitative estimate of drug-likeness (QED) is 0.0693. The van der Waals surface area contributed by atoms with Crippen molar-refractivity contribution in [1.82, 2.24) is 0 Å². The van der Waals surface area contributed by atoms with Crippen molar-refractivity contribution >= 4 is 71.0 Å². The van der Waals surface area contributed by atoms with Gasteiger partial charge in [-0.25, -0.2) is 38.4 Å². The highest BCUT2D eigenvalue weighted by Crippen LogP contribution is 2.64. The molecule has 8 aliphatic rings. The largest absolute Gasteiger partial charge is 0.496 e. The number of ether oxygens (including phenoxy) is 10. The maximum absolute atomic E-state index is 11.7. The molecule has 0 radical (unpaired) electrons. The van der Waals surface area contributed by atoms with Crippen LogP contribution >= 0.6 is 23.2 Å². The molecule has 16 rings (SSSR count). The van der Waals surface area contributed by atoms with E-state index in [1.54, 1.807) is 72.8 Å². The third-order valence-electron chi connectivity index (χ3n) is 22.4. The van der Waals surface area contributed by atoms with Gasteiger partial charge in [0.2, 0.25) is 0 Å². The zero-order valence-electron chi connectivity index (χ0n) is 62.0. The lowest BCUT2D eigenvalue weighted by atomic mass is 9.69. The summed E-state index contributed by atoms with van der Waals surface area (Å²) in [5.41, 5.74) is 7.52. The van der Waals surface area contributed by atoms with E-state index in [9.17, 15) is 69.0 Å². The first-order valence-corrected chi connectivity index (χ1v) is 35.7. The Bertz CT molecular complexity index is 4970. The number of aromatic carboxylic acids is 6. The molecule has 0 aromatic heterocycles. The molecule has 6 N–H and O–H groups in total. The summed E-state index contributed by atoms with van der Waals surface area (Å²) in [5, 5.41) is 57.1. The van der Waals surface area contributed by atoms with Gasteiger partial charge in [0.05, 0.1) is 82.7 Å². The SMILES string of the molecule is CC1(C)CC2(CC(C)(C)c3cc(C(=O)O)c(Cl)cc32)c2cc(Cl)c(C(=O)O)cc21.CC1(C)CC2(CC(C)(C)c3cc(C(=O)O)ccc3O2)Oc2ccc(C(=O)O)cc21.COC(=O)c1ccc2c(c1)OCC21COc2cc(C(=O)OC)ccc21.COc1cc2c(cc1C(=O)O)C1(CO2)COc2cc(OC)c(C(=O)O)cc21. The Kier molecular flexibility index (Phi) is 19.0. The van der Waals surface area contributed by atoms with Crippen molar-refractivity contribution in [3.05, 3.63) is 232 Å². The van der Waals surface area contributed by atoms with Crippen LogP contribution in [-0.2, 0) is 47.4 Å². The molecular weight excluding hydrogens is 1460 g/mol. The van der Waals surface area contributed by atoms with Crippen LogP contribution in [0.15, 0.2) is 121 Å². The van der Waals surface area contributed by atoms with Crippen molar-refractivity contribution < 1.29 is 116 Å². The van der Waals surface area contributed by atoms with Gasteiger partial charge in [-0.2, -0.15) is 0 Å². The average Bonchev–Trinajstić information content (AvgIpc) is 1.51. The third-order valence-corrected chi connectivity index (χ3v) is 23.0. The minimum absolute atomic E-state index is 0.00143. The molecule has 0 saturated carbocycles. The van der Waals surface area contributed by atoms with Gasteiger partial charge in [0.1, 0.15) is 83.6 Å². The van der Waals surface area contributed by atoms with E-state index in [4.69, 9.17) is 70.6 Å². The van der Waals surface area contributed by atoms with E-state index < -0.39 is 64.4 Å². The number of carboxylic acid groups (broad SMARTS) is 6. The van der Waals surface area contributed by atoms with Crippen molar-refractivity contribution in [3.8, 4) is 46.0 Å². The predicted molar refractivity (Wildman–Crippen MR) is 398 cm³/mol. The first kappa shape index (κ1) is 76.7. The number of esters is 2. The predicted octanol–water partition coefficient (Wildman–Crippen LogP) is 15.1. The summed E-state index contributed by atoms with van der Waals surface area (Å²) in [5.74, 6) is -4.12. The molecule has 0 fully saturated rings. The number of carboxylic acids is 6. The molecule has 8 aromatic rings. The fourth-order valence-corrected chi connectivity index (χ4v) is 18.0. The van der Waals surface area contributed by atoms with Gasteiger partial charge >= 0.3 is 47.8 Å². The lowest BCUT2D eigenvalue weighted by molar-refractivity contribution is -0.166. The highest BCUT2D eigenvalue weighted by molar-refractivity contribution is 6.34. The molecule has 8 aromatic carbocycles. The van der Waals surface area contributed by atoms with Gasteiger partial charge in [-0.3, -0.25) is 0 Å². The lowest BCUT2D eigenvalue weighted by Crippen LogP contribution is -2.55. The average molecular weight is 1540 g/mol.